The molecule has 1 fully saturated rings. The molecule has 0 radical (unpaired) electrons. The molecular weight excluding hydrogens is 753 g/mol. The van der Waals surface area contributed by atoms with Gasteiger partial charge < -0.3 is 44.6 Å². The molecule has 58 heavy (non-hydrogen) atoms. The zero-order valence-electron chi connectivity index (χ0n) is 34.5. The summed E-state index contributed by atoms with van der Waals surface area (Å²) in [5.74, 6) is 4.07. The number of piperazine rings is 1. The smallest absolute Gasteiger partial charge is 0.275 e. The average Bonchev–Trinajstić information content (AvgIpc) is 3.62. The first kappa shape index (κ1) is 45.8. The number of nitrogens with two attached hydrogens (primary N) is 1. The highest BCUT2D eigenvalue weighted by atomic mass is 19.1. The van der Waals surface area contributed by atoms with Crippen molar-refractivity contribution < 1.29 is 42.5 Å². The molecule has 3 heterocycles. The highest BCUT2D eigenvalue weighted by molar-refractivity contribution is 6.60. The van der Waals surface area contributed by atoms with Crippen LogP contribution in [0.3, 0.4) is 0 Å². The second kappa shape index (κ2) is 22.3. The molecule has 0 spiro atoms. The van der Waals surface area contributed by atoms with E-state index in [1.807, 2.05) is 47.6 Å². The second-order valence-electron chi connectivity index (χ2n) is 15.1. The number of carbonyl (C=O) groups is 3. The quantitative estimate of drug-likeness (QED) is 0.0655. The molecule has 18 heteroatoms. The molecule has 4 rings (SSSR count). The Morgan fingerprint density at radius 1 is 0.931 bits per heavy atom. The second-order valence-corrected chi connectivity index (χ2v) is 15.1. The Kier molecular flexibility index (Phi) is 17.6. The van der Waals surface area contributed by atoms with Gasteiger partial charge in [-0.25, -0.2) is 13.9 Å². The molecule has 17 nitrogen and oxygen atoms in total. The predicted molar refractivity (Wildman–Crippen MR) is 217 cm³/mol. The fourth-order valence-electron chi connectivity index (χ4n) is 6.10. The van der Waals surface area contributed by atoms with Gasteiger partial charge >= 0.3 is 0 Å². The molecule has 0 unspecified atom stereocenters. The van der Waals surface area contributed by atoms with Crippen molar-refractivity contribution in [2.75, 3.05) is 98.8 Å². The predicted octanol–water partition coefficient (Wildman–Crippen LogP) is 2.50. The molecule has 0 saturated carbocycles. The van der Waals surface area contributed by atoms with Gasteiger partial charge in [0.05, 0.1) is 83.1 Å². The van der Waals surface area contributed by atoms with Crippen LogP contribution in [-0.2, 0) is 38.7 Å². The molecule has 0 aliphatic carbocycles. The minimum atomic E-state index is -0.792. The van der Waals surface area contributed by atoms with Crippen molar-refractivity contribution in [3.05, 3.63) is 53.6 Å². The monoisotopic (exact) mass is 811 g/mol. The van der Waals surface area contributed by atoms with Crippen LogP contribution in [0.1, 0.15) is 57.6 Å². The summed E-state index contributed by atoms with van der Waals surface area (Å²) >= 11 is 0. The molecule has 2 aromatic heterocycles. The summed E-state index contributed by atoms with van der Waals surface area (Å²) in [6.45, 7) is 17.2. The number of nitrogens with one attached hydrogen (secondary N) is 1. The zero-order valence-corrected chi connectivity index (χ0v) is 34.5. The number of hydrogen-bond donors (Lipinski definition) is 2. The zero-order chi connectivity index (χ0) is 42.1. The van der Waals surface area contributed by atoms with Crippen molar-refractivity contribution in [1.82, 2.24) is 29.7 Å². The summed E-state index contributed by atoms with van der Waals surface area (Å²) in [6, 6.07) is 8.00. The normalized spacial score (nSPS) is 14.8. The van der Waals surface area contributed by atoms with Crippen LogP contribution in [0.4, 0.5) is 4.39 Å². The Hall–Kier alpha value is -4.88. The summed E-state index contributed by atoms with van der Waals surface area (Å²) in [6.07, 6.45) is 2.78. The number of ether oxygens (including phenoxy) is 5. The lowest BCUT2D eigenvalue weighted by Crippen LogP contribution is -2.63. The average molecular weight is 812 g/mol. The van der Waals surface area contributed by atoms with E-state index in [0.717, 1.165) is 11.1 Å². The third-order valence-corrected chi connectivity index (χ3v) is 9.09. The van der Waals surface area contributed by atoms with Gasteiger partial charge in [-0.05, 0) is 56.5 Å². The number of aliphatic imine (C=N–C) groups is 1. The van der Waals surface area contributed by atoms with E-state index in [0.29, 0.717) is 70.8 Å². The van der Waals surface area contributed by atoms with Crippen molar-refractivity contribution in [1.29, 1.82) is 0 Å². The fraction of sp³-hybridized carbons (Fsp3) is 0.575. The lowest BCUT2D eigenvalue weighted by atomic mass is 9.87. The minimum Gasteiger partial charge on any atom is -0.379 e. The number of hydrazone groups is 1. The number of amides is 3. The number of benzene rings is 1. The fourth-order valence-corrected chi connectivity index (χ4v) is 6.10. The Morgan fingerprint density at radius 3 is 2.10 bits per heavy atom. The van der Waals surface area contributed by atoms with E-state index in [1.165, 1.54) is 18.3 Å². The molecular formula is C40H58FN9O8. The van der Waals surface area contributed by atoms with Crippen LogP contribution in [0, 0.1) is 5.82 Å². The highest BCUT2D eigenvalue weighted by Gasteiger charge is 2.40. The van der Waals surface area contributed by atoms with Crippen molar-refractivity contribution in [3.8, 4) is 11.3 Å². The number of halogens is 1. The standard InChI is InChI=1S/C40H58FN9O8/c1-7-54-16-17-56-20-21-58-23-22-57-19-18-55-15-12-44-35(51)26-43-25-33(46-42)37(52)48-13-14-49(40(5,6)28-48)38(53)34-27-50-36(45-34)31(39(2,3)4)24-32(47-50)29-8-10-30(41)11-9-29/h8-11,24-25,27H,7,12-23,26,28,42H2,1-6H3,(H,44,51)/b43-25?,46-33+. The molecule has 0 bridgehead atoms. The third kappa shape index (κ3) is 13.6. The lowest BCUT2D eigenvalue weighted by Gasteiger charge is -2.46. The summed E-state index contributed by atoms with van der Waals surface area (Å²) < 4.78 is 42.1. The largest absolute Gasteiger partial charge is 0.379 e. The first-order valence-corrected chi connectivity index (χ1v) is 19.5. The van der Waals surface area contributed by atoms with Gasteiger partial charge in [0.15, 0.2) is 11.4 Å². The number of carbonyl (C=O) groups excluding carboxylic acids is 3. The van der Waals surface area contributed by atoms with Gasteiger partial charge in [0, 0.05) is 43.9 Å². The Balaban J connectivity index is 1.20. The maximum Gasteiger partial charge on any atom is 0.275 e. The minimum absolute atomic E-state index is 0.124. The van der Waals surface area contributed by atoms with Crippen LogP contribution >= 0.6 is 0 Å². The van der Waals surface area contributed by atoms with E-state index in [1.54, 1.807) is 32.6 Å². The lowest BCUT2D eigenvalue weighted by molar-refractivity contribution is -0.128. The summed E-state index contributed by atoms with van der Waals surface area (Å²) in [5, 5.41) is 11.0. The molecule has 0 atom stereocenters. The van der Waals surface area contributed by atoms with E-state index in [-0.39, 0.29) is 73.8 Å². The SMILES string of the molecule is CCOCCOCCOCCOCCOCCNC(=O)CN=C/C(=N\N)C(=O)N1CCN(C(=O)c2cn3nc(-c4ccc(F)cc4)cc(C(C)(C)C)c3n2)C(C)(C)C1. The van der Waals surface area contributed by atoms with Gasteiger partial charge in [-0.2, -0.15) is 10.2 Å². The summed E-state index contributed by atoms with van der Waals surface area (Å²) in [4.78, 5) is 51.7. The third-order valence-electron chi connectivity index (χ3n) is 9.09. The number of rotatable bonds is 22. The molecule has 3 aromatic rings. The maximum absolute atomic E-state index is 14.0. The van der Waals surface area contributed by atoms with E-state index in [4.69, 9.17) is 39.6 Å². The summed E-state index contributed by atoms with van der Waals surface area (Å²) in [7, 11) is 0. The van der Waals surface area contributed by atoms with E-state index in [9.17, 15) is 18.8 Å². The molecule has 1 aliphatic rings. The molecule has 318 valence electrons. The van der Waals surface area contributed by atoms with Gasteiger partial charge in [-0.3, -0.25) is 19.4 Å². The molecule has 1 aliphatic heterocycles. The van der Waals surface area contributed by atoms with Gasteiger partial charge in [-0.15, -0.1) is 0 Å². The molecule has 1 aromatic carbocycles. The first-order chi connectivity index (χ1) is 27.7. The van der Waals surface area contributed by atoms with Crippen molar-refractivity contribution in [3.63, 3.8) is 0 Å². The molecule has 1 saturated heterocycles. The van der Waals surface area contributed by atoms with Crippen LogP contribution in [0.2, 0.25) is 0 Å². The number of aromatic nitrogens is 3. The maximum atomic E-state index is 14.0. The molecule has 3 N–H and O–H groups in total. The first-order valence-electron chi connectivity index (χ1n) is 19.5. The van der Waals surface area contributed by atoms with Gasteiger partial charge in [0.1, 0.15) is 18.1 Å². The van der Waals surface area contributed by atoms with Gasteiger partial charge in [0.2, 0.25) is 5.91 Å². The number of nitrogens with zero attached hydrogens (tertiary/aromatic N) is 7. The van der Waals surface area contributed by atoms with Crippen molar-refractivity contribution in [2.24, 2.45) is 15.9 Å². The van der Waals surface area contributed by atoms with Crippen LogP contribution in [0.15, 0.2) is 46.6 Å². The van der Waals surface area contributed by atoms with Gasteiger partial charge in [0.25, 0.3) is 11.8 Å². The van der Waals surface area contributed by atoms with Crippen molar-refractivity contribution >= 4 is 35.3 Å². The van der Waals surface area contributed by atoms with Gasteiger partial charge in [-0.1, -0.05) is 20.8 Å². The van der Waals surface area contributed by atoms with E-state index in [2.05, 4.69) is 15.4 Å². The topological polar surface area (TPSA) is 197 Å². The Bertz CT molecular complexity index is 1860. The van der Waals surface area contributed by atoms with Crippen LogP contribution in [-0.4, -0.2) is 158 Å². The summed E-state index contributed by atoms with van der Waals surface area (Å²) in [5.41, 5.74) is 1.73. The van der Waals surface area contributed by atoms with Crippen molar-refractivity contribution in [2.45, 2.75) is 52.5 Å². The van der Waals surface area contributed by atoms with Crippen LogP contribution in [0.5, 0.6) is 0 Å². The highest BCUT2D eigenvalue weighted by Crippen LogP contribution is 2.31. The molecule has 3 amide bonds. The number of imidazole rings is 1. The van der Waals surface area contributed by atoms with E-state index < -0.39 is 11.4 Å². The Morgan fingerprint density at radius 2 is 1.53 bits per heavy atom. The Labute approximate surface area is 339 Å². The van der Waals surface area contributed by atoms with Crippen LogP contribution < -0.4 is 11.2 Å². The van der Waals surface area contributed by atoms with Crippen LogP contribution in [0.25, 0.3) is 16.9 Å². The number of fused-ring (bicyclic) bond motifs is 1. The van der Waals surface area contributed by atoms with E-state index >= 15 is 0 Å². The number of hydrogen-bond acceptors (Lipinski definition) is 13.